The van der Waals surface area contributed by atoms with Crippen molar-refractivity contribution < 1.29 is 17.9 Å². The molecule has 152 valence electrons. The van der Waals surface area contributed by atoms with Crippen LogP contribution in [0.25, 0.3) is 0 Å². The number of benzene rings is 1. The number of morpholine rings is 1. The molecule has 0 spiro atoms. The van der Waals surface area contributed by atoms with Gasteiger partial charge in [0.15, 0.2) is 0 Å². The molecule has 7 nitrogen and oxygen atoms in total. The van der Waals surface area contributed by atoms with Crippen molar-refractivity contribution in [1.82, 2.24) is 10.2 Å². The number of amides is 1. The molecule has 0 saturated carbocycles. The van der Waals surface area contributed by atoms with Crippen LogP contribution in [-0.4, -0.2) is 70.9 Å². The van der Waals surface area contributed by atoms with Crippen LogP contribution < -0.4 is 9.62 Å². The topological polar surface area (TPSA) is 79.0 Å². The highest BCUT2D eigenvalue weighted by molar-refractivity contribution is 7.92. The lowest BCUT2D eigenvalue weighted by molar-refractivity contribution is -0.122. The van der Waals surface area contributed by atoms with Gasteiger partial charge in [0.2, 0.25) is 15.9 Å². The van der Waals surface area contributed by atoms with Crippen molar-refractivity contribution in [3.8, 4) is 0 Å². The number of hydrogen-bond donors (Lipinski definition) is 1. The SMILES string of the molecule is CCC(C(=O)NCCN1CCOCC1)N(c1cc(Cl)cc(Cl)c1)S(C)(=O)=O. The highest BCUT2D eigenvalue weighted by Crippen LogP contribution is 2.29. The largest absolute Gasteiger partial charge is 0.379 e. The average Bonchev–Trinajstić information content (AvgIpc) is 2.58. The minimum Gasteiger partial charge on any atom is -0.379 e. The molecule has 1 aliphatic rings. The molecule has 1 aromatic carbocycles. The molecule has 1 aromatic rings. The summed E-state index contributed by atoms with van der Waals surface area (Å²) in [5.74, 6) is -0.354. The number of ether oxygens (including phenoxy) is 1. The fraction of sp³-hybridized carbons (Fsp3) is 0.588. The van der Waals surface area contributed by atoms with Crippen molar-refractivity contribution >= 4 is 44.8 Å². The van der Waals surface area contributed by atoms with Crippen LogP contribution in [0.1, 0.15) is 13.3 Å². The number of anilines is 1. The Morgan fingerprint density at radius 3 is 2.37 bits per heavy atom. The Kier molecular flexibility index (Phi) is 8.18. The Bertz CT molecular complexity index is 734. The molecule has 27 heavy (non-hydrogen) atoms. The number of rotatable bonds is 8. The number of sulfonamides is 1. The minimum atomic E-state index is -3.73. The van der Waals surface area contributed by atoms with Gasteiger partial charge in [0.25, 0.3) is 0 Å². The monoisotopic (exact) mass is 437 g/mol. The van der Waals surface area contributed by atoms with Gasteiger partial charge in [-0.25, -0.2) is 8.42 Å². The van der Waals surface area contributed by atoms with E-state index in [0.29, 0.717) is 42.8 Å². The minimum absolute atomic E-state index is 0.269. The second-order valence-electron chi connectivity index (χ2n) is 6.36. The van der Waals surface area contributed by atoms with Crippen LogP contribution in [-0.2, 0) is 19.6 Å². The van der Waals surface area contributed by atoms with Crippen molar-refractivity contribution in [2.45, 2.75) is 19.4 Å². The fourth-order valence-electron chi connectivity index (χ4n) is 3.01. The third-order valence-electron chi connectivity index (χ3n) is 4.26. The summed E-state index contributed by atoms with van der Waals surface area (Å²) in [5, 5.41) is 3.44. The first-order valence-electron chi connectivity index (χ1n) is 8.75. The van der Waals surface area contributed by atoms with Gasteiger partial charge in [0.05, 0.1) is 25.2 Å². The van der Waals surface area contributed by atoms with Gasteiger partial charge in [-0.2, -0.15) is 0 Å². The molecule has 1 unspecified atom stereocenters. The molecule has 2 rings (SSSR count). The zero-order valence-corrected chi connectivity index (χ0v) is 17.8. The first kappa shape index (κ1) is 22.2. The van der Waals surface area contributed by atoms with E-state index < -0.39 is 16.1 Å². The Hall–Kier alpha value is -1.06. The smallest absolute Gasteiger partial charge is 0.243 e. The molecule has 1 saturated heterocycles. The summed E-state index contributed by atoms with van der Waals surface area (Å²) >= 11 is 12.0. The molecule has 1 atom stereocenters. The lowest BCUT2D eigenvalue weighted by Gasteiger charge is -2.31. The van der Waals surface area contributed by atoms with Crippen molar-refractivity contribution in [3.63, 3.8) is 0 Å². The molecule has 10 heteroatoms. The van der Waals surface area contributed by atoms with Gasteiger partial charge in [-0.3, -0.25) is 14.0 Å². The summed E-state index contributed by atoms with van der Waals surface area (Å²) in [7, 11) is -3.73. The summed E-state index contributed by atoms with van der Waals surface area (Å²) in [6.45, 7) is 5.89. The zero-order valence-electron chi connectivity index (χ0n) is 15.5. The molecular formula is C17H25Cl2N3O4S. The molecule has 1 amide bonds. The van der Waals surface area contributed by atoms with Crippen molar-refractivity contribution in [2.75, 3.05) is 50.0 Å². The lowest BCUT2D eigenvalue weighted by atomic mass is 10.2. The first-order valence-corrected chi connectivity index (χ1v) is 11.4. The van der Waals surface area contributed by atoms with Crippen LogP contribution in [0, 0.1) is 0 Å². The summed E-state index contributed by atoms with van der Waals surface area (Å²) in [6, 6.07) is 3.59. The molecule has 1 aliphatic heterocycles. The number of hydrogen-bond acceptors (Lipinski definition) is 5. The third-order valence-corrected chi connectivity index (χ3v) is 5.88. The molecule has 1 heterocycles. The van der Waals surface area contributed by atoms with Crippen molar-refractivity contribution in [2.24, 2.45) is 0 Å². The standard InChI is InChI=1S/C17H25Cl2N3O4S/c1-3-16(17(23)20-4-5-21-6-8-26-9-7-21)22(27(2,24)25)15-11-13(18)10-14(19)12-15/h10-12,16H,3-9H2,1-2H3,(H,20,23). The predicted molar refractivity (Wildman–Crippen MR) is 108 cm³/mol. The van der Waals surface area contributed by atoms with Gasteiger partial charge in [0.1, 0.15) is 6.04 Å². The van der Waals surface area contributed by atoms with Gasteiger partial charge in [0, 0.05) is 36.2 Å². The van der Waals surface area contributed by atoms with E-state index in [-0.39, 0.29) is 11.6 Å². The maximum atomic E-state index is 12.7. The molecular weight excluding hydrogens is 413 g/mol. The van der Waals surface area contributed by atoms with Gasteiger partial charge < -0.3 is 10.1 Å². The Balaban J connectivity index is 2.12. The van der Waals surface area contributed by atoms with Gasteiger partial charge in [-0.1, -0.05) is 30.1 Å². The highest BCUT2D eigenvalue weighted by Gasteiger charge is 2.31. The zero-order chi connectivity index (χ0) is 20.0. The first-order chi connectivity index (χ1) is 12.7. The summed E-state index contributed by atoms with van der Waals surface area (Å²) in [6.07, 6.45) is 1.37. The van der Waals surface area contributed by atoms with Crippen LogP contribution in [0.15, 0.2) is 18.2 Å². The Morgan fingerprint density at radius 1 is 1.26 bits per heavy atom. The summed E-state index contributed by atoms with van der Waals surface area (Å²) in [4.78, 5) is 14.9. The van der Waals surface area contributed by atoms with E-state index in [2.05, 4.69) is 10.2 Å². The van der Waals surface area contributed by atoms with E-state index >= 15 is 0 Å². The van der Waals surface area contributed by atoms with E-state index in [4.69, 9.17) is 27.9 Å². The summed E-state index contributed by atoms with van der Waals surface area (Å²) < 4.78 is 31.2. The maximum absolute atomic E-state index is 12.7. The van der Waals surface area contributed by atoms with Crippen molar-refractivity contribution in [1.29, 1.82) is 0 Å². The molecule has 0 radical (unpaired) electrons. The highest BCUT2D eigenvalue weighted by atomic mass is 35.5. The number of nitrogens with one attached hydrogen (secondary N) is 1. The fourth-order valence-corrected chi connectivity index (χ4v) is 4.72. The third kappa shape index (κ3) is 6.50. The number of nitrogens with zero attached hydrogens (tertiary/aromatic N) is 2. The van der Waals surface area contributed by atoms with Crippen LogP contribution >= 0.6 is 23.2 Å². The van der Waals surface area contributed by atoms with Crippen LogP contribution in [0.3, 0.4) is 0 Å². The van der Waals surface area contributed by atoms with E-state index in [1.165, 1.54) is 18.2 Å². The Labute approximate surface area is 170 Å². The second-order valence-corrected chi connectivity index (χ2v) is 9.09. The molecule has 0 aromatic heterocycles. The van der Waals surface area contributed by atoms with Gasteiger partial charge >= 0.3 is 0 Å². The van der Waals surface area contributed by atoms with E-state index in [9.17, 15) is 13.2 Å². The van der Waals surface area contributed by atoms with Crippen LogP contribution in [0.2, 0.25) is 10.0 Å². The molecule has 1 N–H and O–H groups in total. The lowest BCUT2D eigenvalue weighted by Crippen LogP contribution is -2.50. The maximum Gasteiger partial charge on any atom is 0.243 e. The van der Waals surface area contributed by atoms with Gasteiger partial charge in [-0.15, -0.1) is 0 Å². The van der Waals surface area contributed by atoms with E-state index in [1.807, 2.05) is 0 Å². The van der Waals surface area contributed by atoms with Crippen LogP contribution in [0.5, 0.6) is 0 Å². The summed E-state index contributed by atoms with van der Waals surface area (Å²) in [5.41, 5.74) is 0.269. The van der Waals surface area contributed by atoms with E-state index in [0.717, 1.165) is 23.7 Å². The quantitative estimate of drug-likeness (QED) is 0.672. The normalized spacial score (nSPS) is 16.7. The predicted octanol–water partition coefficient (Wildman–Crippen LogP) is 1.99. The average molecular weight is 438 g/mol. The van der Waals surface area contributed by atoms with Crippen molar-refractivity contribution in [3.05, 3.63) is 28.2 Å². The number of halogens is 2. The van der Waals surface area contributed by atoms with Gasteiger partial charge in [-0.05, 0) is 24.6 Å². The second kappa shape index (κ2) is 9.93. The number of carbonyl (C=O) groups is 1. The molecule has 0 aliphatic carbocycles. The molecule has 0 bridgehead atoms. The van der Waals surface area contributed by atoms with E-state index in [1.54, 1.807) is 6.92 Å². The Morgan fingerprint density at radius 2 is 1.85 bits per heavy atom. The van der Waals surface area contributed by atoms with Crippen LogP contribution in [0.4, 0.5) is 5.69 Å². The number of carbonyl (C=O) groups excluding carboxylic acids is 1. The molecule has 1 fully saturated rings.